The van der Waals surface area contributed by atoms with E-state index in [0.29, 0.717) is 30.3 Å². The highest BCUT2D eigenvalue weighted by atomic mass is 19.1. The maximum atomic E-state index is 14.0. The van der Waals surface area contributed by atoms with Crippen molar-refractivity contribution in [2.45, 2.75) is 32.4 Å². The second-order valence-electron chi connectivity index (χ2n) is 7.23. The Hall–Kier alpha value is -3.13. The zero-order valence-corrected chi connectivity index (χ0v) is 16.8. The van der Waals surface area contributed by atoms with Crippen LogP contribution in [0.5, 0.6) is 5.75 Å². The van der Waals surface area contributed by atoms with Crippen molar-refractivity contribution in [3.8, 4) is 5.75 Å². The summed E-state index contributed by atoms with van der Waals surface area (Å²) in [6, 6.07) is 11.6. The van der Waals surface area contributed by atoms with E-state index in [1.807, 2.05) is 6.92 Å². The average molecular weight is 411 g/mol. The smallest absolute Gasteiger partial charge is 0.298 e. The van der Waals surface area contributed by atoms with Crippen molar-refractivity contribution in [1.82, 2.24) is 10.3 Å². The van der Waals surface area contributed by atoms with Crippen LogP contribution in [0, 0.1) is 11.9 Å². The number of fused-ring (bicyclic) bond motifs is 1. The molecule has 0 spiro atoms. The highest BCUT2D eigenvalue weighted by Gasteiger charge is 2.26. The van der Waals surface area contributed by atoms with Gasteiger partial charge in [-0.2, -0.15) is 4.98 Å². The predicted molar refractivity (Wildman–Crippen MR) is 111 cm³/mol. The number of carbonyl (C=O) groups is 1. The molecule has 3 aromatic rings. The minimum Gasteiger partial charge on any atom is -0.491 e. The molecule has 1 radical (unpaired) electrons. The summed E-state index contributed by atoms with van der Waals surface area (Å²) in [5.74, 6) is -0.769. The summed E-state index contributed by atoms with van der Waals surface area (Å²) in [4.78, 5) is 18.4. The van der Waals surface area contributed by atoms with Gasteiger partial charge in [-0.3, -0.25) is 4.79 Å². The minimum atomic E-state index is -0.603. The van der Waals surface area contributed by atoms with E-state index in [4.69, 9.17) is 14.9 Å². The first kappa shape index (κ1) is 20.2. The van der Waals surface area contributed by atoms with Crippen LogP contribution in [-0.2, 0) is 6.54 Å². The zero-order chi connectivity index (χ0) is 21.1. The molecule has 2 aromatic carbocycles. The van der Waals surface area contributed by atoms with Crippen LogP contribution in [0.2, 0.25) is 0 Å². The largest absolute Gasteiger partial charge is 0.491 e. The number of anilines is 1. The van der Waals surface area contributed by atoms with Crippen LogP contribution in [0.25, 0.3) is 11.1 Å². The Labute approximate surface area is 174 Å². The lowest BCUT2D eigenvalue weighted by Gasteiger charge is -2.33. The number of carbonyl (C=O) groups excluding carboxylic acids is 1. The van der Waals surface area contributed by atoms with Gasteiger partial charge in [0.2, 0.25) is 0 Å². The number of nitrogens with two attached hydrogens (primary N) is 1. The number of oxazole rings is 1. The molecule has 4 rings (SSSR count). The van der Waals surface area contributed by atoms with E-state index in [2.05, 4.69) is 21.3 Å². The number of amides is 1. The standard InChI is InChI=1S/C22H24FN4O3/c1-2-29-19-12-14(6-7-17(19)23)13-27(15-8-10-25-11-9-15)22-26-20-16(21(24)28)4-3-5-18(20)30-22/h3,5-7,12,15,25H,2,8-11,13H2,1H3,(H2,24,28). The van der Waals surface area contributed by atoms with Gasteiger partial charge in [0.25, 0.3) is 11.9 Å². The molecule has 0 saturated carbocycles. The first-order valence-electron chi connectivity index (χ1n) is 10.1. The number of nitrogens with zero attached hydrogens (tertiary/aromatic N) is 2. The third-order valence-corrected chi connectivity index (χ3v) is 5.23. The molecular weight excluding hydrogens is 387 g/mol. The predicted octanol–water partition coefficient (Wildman–Crippen LogP) is 3.02. The molecule has 0 atom stereocenters. The Morgan fingerprint density at radius 3 is 2.93 bits per heavy atom. The van der Waals surface area contributed by atoms with Crippen LogP contribution in [0.1, 0.15) is 35.7 Å². The number of piperidine rings is 1. The fourth-order valence-electron chi connectivity index (χ4n) is 3.77. The summed E-state index contributed by atoms with van der Waals surface area (Å²) < 4.78 is 25.4. The SMILES string of the molecule is CCOc1cc(CN(c2nc3c(C(N)=O)[c]ccc3o2)C2CCNCC2)ccc1F. The van der Waals surface area contributed by atoms with Crippen LogP contribution in [0.15, 0.2) is 34.7 Å². The molecule has 0 bridgehead atoms. The van der Waals surface area contributed by atoms with E-state index in [1.54, 1.807) is 24.3 Å². The van der Waals surface area contributed by atoms with E-state index in [9.17, 15) is 9.18 Å². The molecule has 1 aliphatic heterocycles. The number of aromatic nitrogens is 1. The molecule has 1 saturated heterocycles. The second kappa shape index (κ2) is 8.71. The fraction of sp³-hybridized carbons (Fsp3) is 0.364. The molecule has 1 amide bonds. The Morgan fingerprint density at radius 1 is 1.40 bits per heavy atom. The van der Waals surface area contributed by atoms with Gasteiger partial charge in [-0.05, 0) is 68.8 Å². The van der Waals surface area contributed by atoms with Crippen LogP contribution < -0.4 is 20.7 Å². The Balaban J connectivity index is 1.72. The molecule has 0 unspecified atom stereocenters. The summed E-state index contributed by atoms with van der Waals surface area (Å²) in [6.45, 7) is 4.44. The van der Waals surface area contributed by atoms with Gasteiger partial charge < -0.3 is 25.1 Å². The lowest BCUT2D eigenvalue weighted by molar-refractivity contribution is 0.100. The third kappa shape index (κ3) is 4.09. The first-order valence-corrected chi connectivity index (χ1v) is 10.1. The van der Waals surface area contributed by atoms with E-state index >= 15 is 0 Å². The topological polar surface area (TPSA) is 93.6 Å². The van der Waals surface area contributed by atoms with Crippen LogP contribution in [-0.4, -0.2) is 36.6 Å². The summed E-state index contributed by atoms with van der Waals surface area (Å²) in [5.41, 5.74) is 7.42. The summed E-state index contributed by atoms with van der Waals surface area (Å²) >= 11 is 0. The van der Waals surface area contributed by atoms with Crippen LogP contribution >= 0.6 is 0 Å². The maximum absolute atomic E-state index is 14.0. The molecule has 3 N–H and O–H groups in total. The maximum Gasteiger partial charge on any atom is 0.298 e. The van der Waals surface area contributed by atoms with Crippen molar-refractivity contribution < 1.29 is 18.3 Å². The lowest BCUT2D eigenvalue weighted by atomic mass is 10.0. The Kier molecular flexibility index (Phi) is 5.85. The summed E-state index contributed by atoms with van der Waals surface area (Å²) in [6.07, 6.45) is 1.82. The monoisotopic (exact) mass is 411 g/mol. The van der Waals surface area contributed by atoms with Crippen molar-refractivity contribution in [2.75, 3.05) is 24.6 Å². The van der Waals surface area contributed by atoms with Gasteiger partial charge in [0, 0.05) is 12.6 Å². The molecule has 0 aliphatic carbocycles. The Bertz CT molecular complexity index is 1050. The molecule has 157 valence electrons. The highest BCUT2D eigenvalue weighted by molar-refractivity contribution is 6.03. The van der Waals surface area contributed by atoms with Crippen molar-refractivity contribution >= 4 is 23.0 Å². The zero-order valence-electron chi connectivity index (χ0n) is 16.8. The van der Waals surface area contributed by atoms with Crippen molar-refractivity contribution in [1.29, 1.82) is 0 Å². The van der Waals surface area contributed by atoms with E-state index in [-0.39, 0.29) is 17.4 Å². The number of nitrogens with one attached hydrogen (secondary N) is 1. The normalized spacial score (nSPS) is 14.7. The number of primary amides is 1. The second-order valence-corrected chi connectivity index (χ2v) is 7.23. The Morgan fingerprint density at radius 2 is 2.20 bits per heavy atom. The summed E-state index contributed by atoms with van der Waals surface area (Å²) in [7, 11) is 0. The van der Waals surface area contributed by atoms with Crippen LogP contribution in [0.3, 0.4) is 0 Å². The summed E-state index contributed by atoms with van der Waals surface area (Å²) in [5, 5.41) is 3.36. The quantitative estimate of drug-likeness (QED) is 0.621. The van der Waals surface area contributed by atoms with Gasteiger partial charge in [0.15, 0.2) is 17.1 Å². The van der Waals surface area contributed by atoms with Crippen LogP contribution in [0.4, 0.5) is 10.4 Å². The number of halogens is 1. The van der Waals surface area contributed by atoms with Crippen molar-refractivity contribution in [2.24, 2.45) is 5.73 Å². The number of rotatable bonds is 7. The molecular formula is C22H24FN4O3. The number of hydrogen-bond donors (Lipinski definition) is 2. The highest BCUT2D eigenvalue weighted by Crippen LogP contribution is 2.30. The molecule has 8 heteroatoms. The van der Waals surface area contributed by atoms with E-state index in [0.717, 1.165) is 31.5 Å². The lowest BCUT2D eigenvalue weighted by Crippen LogP contribution is -2.43. The molecule has 30 heavy (non-hydrogen) atoms. The van der Waals surface area contributed by atoms with Gasteiger partial charge in [-0.15, -0.1) is 0 Å². The van der Waals surface area contributed by atoms with Crippen molar-refractivity contribution in [3.05, 3.63) is 53.3 Å². The molecule has 1 aromatic heterocycles. The van der Waals surface area contributed by atoms with E-state index < -0.39 is 11.7 Å². The average Bonchev–Trinajstić information content (AvgIpc) is 3.18. The minimum absolute atomic E-state index is 0.181. The molecule has 1 fully saturated rings. The first-order chi connectivity index (χ1) is 14.6. The number of benzene rings is 2. The van der Waals surface area contributed by atoms with Gasteiger partial charge in [0.05, 0.1) is 12.2 Å². The van der Waals surface area contributed by atoms with Gasteiger partial charge in [-0.1, -0.05) is 6.07 Å². The third-order valence-electron chi connectivity index (χ3n) is 5.23. The molecule has 1 aliphatic rings. The van der Waals surface area contributed by atoms with Gasteiger partial charge in [-0.25, -0.2) is 4.39 Å². The van der Waals surface area contributed by atoms with Crippen molar-refractivity contribution in [3.63, 3.8) is 0 Å². The fourth-order valence-corrected chi connectivity index (χ4v) is 3.77. The number of hydrogen-bond acceptors (Lipinski definition) is 6. The molecule has 2 heterocycles. The molecule has 7 nitrogen and oxygen atoms in total. The van der Waals surface area contributed by atoms with Gasteiger partial charge >= 0.3 is 0 Å². The number of ether oxygens (including phenoxy) is 1. The van der Waals surface area contributed by atoms with E-state index in [1.165, 1.54) is 6.07 Å². The van der Waals surface area contributed by atoms with Gasteiger partial charge in [0.1, 0.15) is 5.52 Å².